The fourth-order valence-electron chi connectivity index (χ4n) is 2.76. The van der Waals surface area contributed by atoms with E-state index in [4.69, 9.17) is 9.47 Å². The molecule has 0 spiro atoms. The zero-order valence-corrected chi connectivity index (χ0v) is 16.9. The Morgan fingerprint density at radius 3 is 2.10 bits per heavy atom. The Bertz CT molecular complexity index is 986. The van der Waals surface area contributed by atoms with Gasteiger partial charge in [-0.25, -0.2) is 0 Å². The highest BCUT2D eigenvalue weighted by atomic mass is 16.5. The van der Waals surface area contributed by atoms with Gasteiger partial charge in [0.2, 0.25) is 0 Å². The van der Waals surface area contributed by atoms with Crippen LogP contribution in [0.4, 0.5) is 0 Å². The Morgan fingerprint density at radius 1 is 0.767 bits per heavy atom. The van der Waals surface area contributed by atoms with E-state index in [1.807, 2.05) is 56.3 Å². The normalized spacial score (nSPS) is 10.4. The standard InChI is InChI=1S/C24H24N2O4/c1-17(2)30-21-14-12-18(13-15-21)23(27)25-26-24(28)22-11-7-6-8-19(22)16-29-20-9-4-3-5-10-20/h3-15,17H,16H2,1-2H3,(H,25,27)(H,26,28). The van der Waals surface area contributed by atoms with Crippen molar-refractivity contribution >= 4 is 11.8 Å². The minimum Gasteiger partial charge on any atom is -0.491 e. The fraction of sp³-hybridized carbons (Fsp3) is 0.167. The Labute approximate surface area is 175 Å². The van der Waals surface area contributed by atoms with E-state index in [9.17, 15) is 9.59 Å². The molecule has 3 aromatic rings. The van der Waals surface area contributed by atoms with Gasteiger partial charge in [0.25, 0.3) is 11.8 Å². The summed E-state index contributed by atoms with van der Waals surface area (Å²) in [5, 5.41) is 0. The smallest absolute Gasteiger partial charge is 0.270 e. The molecule has 6 nitrogen and oxygen atoms in total. The Hall–Kier alpha value is -3.80. The highest BCUT2D eigenvalue weighted by Gasteiger charge is 2.13. The number of carbonyl (C=O) groups is 2. The molecule has 0 atom stereocenters. The third kappa shape index (κ3) is 5.85. The minimum atomic E-state index is -0.421. The highest BCUT2D eigenvalue weighted by molar-refractivity contribution is 5.99. The molecule has 2 N–H and O–H groups in total. The van der Waals surface area contributed by atoms with Crippen LogP contribution in [0.15, 0.2) is 78.9 Å². The SMILES string of the molecule is CC(C)Oc1ccc(C(=O)NNC(=O)c2ccccc2COc2ccccc2)cc1. The van der Waals surface area contributed by atoms with Gasteiger partial charge in [-0.15, -0.1) is 0 Å². The summed E-state index contributed by atoms with van der Waals surface area (Å²) in [5.41, 5.74) is 6.44. The predicted molar refractivity (Wildman–Crippen MR) is 114 cm³/mol. The van der Waals surface area contributed by atoms with E-state index in [2.05, 4.69) is 10.9 Å². The average Bonchev–Trinajstić information content (AvgIpc) is 2.77. The second kappa shape index (κ2) is 10.1. The van der Waals surface area contributed by atoms with Crippen LogP contribution in [0.3, 0.4) is 0 Å². The Kier molecular flexibility index (Phi) is 7.05. The summed E-state index contributed by atoms with van der Waals surface area (Å²) < 4.78 is 11.3. The van der Waals surface area contributed by atoms with Crippen LogP contribution in [-0.4, -0.2) is 17.9 Å². The molecule has 0 unspecified atom stereocenters. The Morgan fingerprint density at radius 2 is 1.40 bits per heavy atom. The summed E-state index contributed by atoms with van der Waals surface area (Å²) in [5.74, 6) is 0.552. The number of amides is 2. The van der Waals surface area contributed by atoms with Crippen LogP contribution in [0, 0.1) is 0 Å². The first-order valence-corrected chi connectivity index (χ1v) is 9.66. The van der Waals surface area contributed by atoms with Crippen molar-refractivity contribution in [2.75, 3.05) is 0 Å². The van der Waals surface area contributed by atoms with Crippen LogP contribution in [0.5, 0.6) is 11.5 Å². The van der Waals surface area contributed by atoms with Crippen molar-refractivity contribution < 1.29 is 19.1 Å². The lowest BCUT2D eigenvalue weighted by Crippen LogP contribution is -2.42. The molecule has 0 saturated heterocycles. The Balaban J connectivity index is 1.58. The van der Waals surface area contributed by atoms with E-state index in [-0.39, 0.29) is 12.7 Å². The lowest BCUT2D eigenvalue weighted by molar-refractivity contribution is 0.0845. The van der Waals surface area contributed by atoms with E-state index >= 15 is 0 Å². The number of benzene rings is 3. The third-order valence-electron chi connectivity index (χ3n) is 4.18. The van der Waals surface area contributed by atoms with Crippen LogP contribution in [0.25, 0.3) is 0 Å². The van der Waals surface area contributed by atoms with Crippen LogP contribution >= 0.6 is 0 Å². The van der Waals surface area contributed by atoms with E-state index in [1.54, 1.807) is 36.4 Å². The summed E-state index contributed by atoms with van der Waals surface area (Å²) in [7, 11) is 0. The van der Waals surface area contributed by atoms with Gasteiger partial charge in [0, 0.05) is 16.7 Å². The molecule has 6 heteroatoms. The maximum absolute atomic E-state index is 12.6. The maximum Gasteiger partial charge on any atom is 0.270 e. The number of hydrogen-bond acceptors (Lipinski definition) is 4. The van der Waals surface area contributed by atoms with Gasteiger partial charge >= 0.3 is 0 Å². The third-order valence-corrected chi connectivity index (χ3v) is 4.18. The summed E-state index contributed by atoms with van der Waals surface area (Å²) >= 11 is 0. The predicted octanol–water partition coefficient (Wildman–Crippen LogP) is 4.13. The van der Waals surface area contributed by atoms with E-state index in [0.29, 0.717) is 28.2 Å². The monoisotopic (exact) mass is 404 g/mol. The molecule has 0 aliphatic carbocycles. The van der Waals surface area contributed by atoms with Gasteiger partial charge in [-0.05, 0) is 56.3 Å². The largest absolute Gasteiger partial charge is 0.491 e. The first kappa shape index (κ1) is 20.9. The first-order chi connectivity index (χ1) is 14.5. The number of carbonyl (C=O) groups excluding carboxylic acids is 2. The van der Waals surface area contributed by atoms with Crippen LogP contribution in [0.2, 0.25) is 0 Å². The first-order valence-electron chi connectivity index (χ1n) is 9.66. The topological polar surface area (TPSA) is 76.7 Å². The molecule has 0 saturated carbocycles. The zero-order valence-electron chi connectivity index (χ0n) is 16.9. The number of rotatable bonds is 7. The summed E-state index contributed by atoms with van der Waals surface area (Å²) in [6.45, 7) is 4.09. The van der Waals surface area contributed by atoms with Crippen molar-refractivity contribution in [1.82, 2.24) is 10.9 Å². The van der Waals surface area contributed by atoms with Crippen molar-refractivity contribution in [3.05, 3.63) is 95.6 Å². The molecule has 0 aromatic heterocycles. The zero-order chi connectivity index (χ0) is 21.3. The van der Waals surface area contributed by atoms with Crippen LogP contribution in [-0.2, 0) is 6.61 Å². The molecule has 0 bridgehead atoms. The molecule has 154 valence electrons. The average molecular weight is 404 g/mol. The van der Waals surface area contributed by atoms with Gasteiger partial charge in [0.1, 0.15) is 18.1 Å². The van der Waals surface area contributed by atoms with E-state index < -0.39 is 11.8 Å². The lowest BCUT2D eigenvalue weighted by atomic mass is 10.1. The second-order valence-electron chi connectivity index (χ2n) is 6.86. The van der Waals surface area contributed by atoms with E-state index in [0.717, 1.165) is 0 Å². The van der Waals surface area contributed by atoms with Gasteiger partial charge < -0.3 is 9.47 Å². The lowest BCUT2D eigenvalue weighted by Gasteiger charge is -2.13. The molecular formula is C24H24N2O4. The fourth-order valence-corrected chi connectivity index (χ4v) is 2.76. The van der Waals surface area contributed by atoms with Crippen LogP contribution in [0.1, 0.15) is 40.1 Å². The van der Waals surface area contributed by atoms with Gasteiger partial charge in [0.15, 0.2) is 0 Å². The van der Waals surface area contributed by atoms with Gasteiger partial charge in [-0.2, -0.15) is 0 Å². The number of ether oxygens (including phenoxy) is 2. The van der Waals surface area contributed by atoms with Gasteiger partial charge in [-0.3, -0.25) is 20.4 Å². The van der Waals surface area contributed by atoms with Crippen molar-refractivity contribution in [3.8, 4) is 11.5 Å². The molecule has 30 heavy (non-hydrogen) atoms. The van der Waals surface area contributed by atoms with Gasteiger partial charge in [-0.1, -0.05) is 36.4 Å². The number of nitrogens with one attached hydrogen (secondary N) is 2. The van der Waals surface area contributed by atoms with E-state index in [1.165, 1.54) is 0 Å². The molecule has 0 heterocycles. The quantitative estimate of drug-likeness (QED) is 0.581. The molecule has 0 fully saturated rings. The molecule has 3 aromatic carbocycles. The van der Waals surface area contributed by atoms with Crippen molar-refractivity contribution in [2.24, 2.45) is 0 Å². The summed E-state index contributed by atoms with van der Waals surface area (Å²) in [4.78, 5) is 24.9. The number of para-hydroxylation sites is 1. The number of hydrogen-bond donors (Lipinski definition) is 2. The van der Waals surface area contributed by atoms with Crippen molar-refractivity contribution in [1.29, 1.82) is 0 Å². The van der Waals surface area contributed by atoms with Crippen molar-refractivity contribution in [3.63, 3.8) is 0 Å². The maximum atomic E-state index is 12.6. The molecular weight excluding hydrogens is 380 g/mol. The summed E-state index contributed by atoms with van der Waals surface area (Å²) in [6.07, 6.45) is 0.0508. The molecule has 0 radical (unpaired) electrons. The van der Waals surface area contributed by atoms with Gasteiger partial charge in [0.05, 0.1) is 6.10 Å². The molecule has 2 amide bonds. The summed E-state index contributed by atoms with van der Waals surface area (Å²) in [6, 6.07) is 23.2. The molecule has 0 aliphatic rings. The number of hydrazine groups is 1. The van der Waals surface area contributed by atoms with Crippen LogP contribution < -0.4 is 20.3 Å². The molecule has 0 aliphatic heterocycles. The minimum absolute atomic E-state index is 0.0508. The highest BCUT2D eigenvalue weighted by Crippen LogP contribution is 2.15. The second-order valence-corrected chi connectivity index (χ2v) is 6.86. The molecule has 3 rings (SSSR count). The van der Waals surface area contributed by atoms with Crippen molar-refractivity contribution in [2.45, 2.75) is 26.6 Å².